The van der Waals surface area contributed by atoms with Crippen LogP contribution in [0.1, 0.15) is 25.3 Å². The summed E-state index contributed by atoms with van der Waals surface area (Å²) in [5.41, 5.74) is 7.45. The third kappa shape index (κ3) is 3.14. The van der Waals surface area contributed by atoms with E-state index in [2.05, 4.69) is 12.2 Å². The monoisotopic (exact) mass is 262 g/mol. The average molecular weight is 262 g/mol. The minimum Gasteiger partial charge on any atom is -0.381 e. The molecule has 19 heavy (non-hydrogen) atoms. The molecule has 1 fully saturated rings. The average Bonchev–Trinajstić information content (AvgIpc) is 2.48. The molecular formula is C15H22N2O2. The molecule has 0 saturated carbocycles. The molecule has 0 aromatic heterocycles. The van der Waals surface area contributed by atoms with Crippen LogP contribution in [0.15, 0.2) is 24.3 Å². The van der Waals surface area contributed by atoms with Gasteiger partial charge in [-0.25, -0.2) is 0 Å². The lowest BCUT2D eigenvalue weighted by Crippen LogP contribution is -2.46. The van der Waals surface area contributed by atoms with Gasteiger partial charge in [-0.3, -0.25) is 4.79 Å². The maximum Gasteiger partial charge on any atom is 0.232 e. The van der Waals surface area contributed by atoms with Crippen molar-refractivity contribution in [2.45, 2.75) is 26.2 Å². The molecule has 4 heteroatoms. The highest BCUT2D eigenvalue weighted by molar-refractivity contribution is 5.95. The van der Waals surface area contributed by atoms with Gasteiger partial charge in [0.15, 0.2) is 0 Å². The molecule has 0 unspecified atom stereocenters. The summed E-state index contributed by atoms with van der Waals surface area (Å²) in [5, 5.41) is 2.98. The van der Waals surface area contributed by atoms with Gasteiger partial charge in [0.25, 0.3) is 0 Å². The summed E-state index contributed by atoms with van der Waals surface area (Å²) in [6.45, 7) is 3.70. The lowest BCUT2D eigenvalue weighted by atomic mass is 9.79. The number of anilines is 1. The molecule has 1 aromatic rings. The number of nitrogens with two attached hydrogens (primary N) is 1. The molecule has 1 heterocycles. The van der Waals surface area contributed by atoms with Crippen molar-refractivity contribution in [2.24, 2.45) is 11.1 Å². The van der Waals surface area contributed by atoms with E-state index in [1.165, 1.54) is 5.56 Å². The molecule has 1 aliphatic rings. The summed E-state index contributed by atoms with van der Waals surface area (Å²) >= 11 is 0. The van der Waals surface area contributed by atoms with Crippen molar-refractivity contribution >= 4 is 11.6 Å². The number of nitrogens with one attached hydrogen (secondary N) is 1. The van der Waals surface area contributed by atoms with Crippen molar-refractivity contribution in [2.75, 3.05) is 25.1 Å². The number of ether oxygens (including phenoxy) is 1. The highest BCUT2D eigenvalue weighted by atomic mass is 16.5. The number of hydrogen-bond donors (Lipinski definition) is 2. The second-order valence-corrected chi connectivity index (χ2v) is 5.10. The molecule has 1 saturated heterocycles. The number of hydrogen-bond acceptors (Lipinski definition) is 3. The molecule has 4 nitrogen and oxygen atoms in total. The first kappa shape index (κ1) is 14.0. The Morgan fingerprint density at radius 3 is 2.47 bits per heavy atom. The normalized spacial score (nSPS) is 18.0. The van der Waals surface area contributed by atoms with Gasteiger partial charge in [0.1, 0.15) is 0 Å². The number of amides is 1. The zero-order valence-electron chi connectivity index (χ0n) is 11.4. The fourth-order valence-corrected chi connectivity index (χ4v) is 2.37. The van der Waals surface area contributed by atoms with Crippen LogP contribution in [0.2, 0.25) is 0 Å². The second-order valence-electron chi connectivity index (χ2n) is 5.10. The number of carbonyl (C=O) groups is 1. The van der Waals surface area contributed by atoms with Crippen molar-refractivity contribution < 1.29 is 9.53 Å². The third-order valence-corrected chi connectivity index (χ3v) is 3.94. The number of rotatable bonds is 4. The van der Waals surface area contributed by atoms with Gasteiger partial charge < -0.3 is 15.8 Å². The largest absolute Gasteiger partial charge is 0.381 e. The summed E-state index contributed by atoms with van der Waals surface area (Å²) in [7, 11) is 0. The number of carbonyl (C=O) groups excluding carboxylic acids is 1. The highest BCUT2D eigenvalue weighted by Gasteiger charge is 2.38. The van der Waals surface area contributed by atoms with E-state index in [-0.39, 0.29) is 5.91 Å². The molecular weight excluding hydrogens is 240 g/mol. The Hall–Kier alpha value is -1.39. The van der Waals surface area contributed by atoms with E-state index in [1.54, 1.807) is 0 Å². The molecule has 0 radical (unpaired) electrons. The van der Waals surface area contributed by atoms with Gasteiger partial charge in [0, 0.05) is 25.4 Å². The lowest BCUT2D eigenvalue weighted by molar-refractivity contribution is -0.130. The molecule has 0 spiro atoms. The van der Waals surface area contributed by atoms with Gasteiger partial charge in [-0.15, -0.1) is 0 Å². The van der Waals surface area contributed by atoms with Crippen LogP contribution in [-0.4, -0.2) is 25.7 Å². The highest BCUT2D eigenvalue weighted by Crippen LogP contribution is 2.30. The maximum absolute atomic E-state index is 12.4. The first-order valence-electron chi connectivity index (χ1n) is 6.88. The molecule has 3 N–H and O–H groups in total. The van der Waals surface area contributed by atoms with Gasteiger partial charge in [-0.2, -0.15) is 0 Å². The van der Waals surface area contributed by atoms with Gasteiger partial charge in [0.05, 0.1) is 5.41 Å². The Morgan fingerprint density at radius 2 is 1.95 bits per heavy atom. The van der Waals surface area contributed by atoms with Crippen LogP contribution in [-0.2, 0) is 16.0 Å². The fraction of sp³-hybridized carbons (Fsp3) is 0.533. The van der Waals surface area contributed by atoms with Crippen LogP contribution in [0, 0.1) is 5.41 Å². The van der Waals surface area contributed by atoms with Crippen molar-refractivity contribution in [1.29, 1.82) is 0 Å². The molecule has 104 valence electrons. The van der Waals surface area contributed by atoms with Crippen LogP contribution >= 0.6 is 0 Å². The Morgan fingerprint density at radius 1 is 1.32 bits per heavy atom. The van der Waals surface area contributed by atoms with Crippen LogP contribution in [0.3, 0.4) is 0 Å². The SMILES string of the molecule is CCc1ccc(NC(=O)C2(CN)CCOCC2)cc1. The smallest absolute Gasteiger partial charge is 0.232 e. The first-order chi connectivity index (χ1) is 9.20. The van der Waals surface area contributed by atoms with E-state index in [4.69, 9.17) is 10.5 Å². The van der Waals surface area contributed by atoms with Crippen molar-refractivity contribution in [1.82, 2.24) is 0 Å². The Balaban J connectivity index is 2.05. The minimum atomic E-state index is -0.471. The van der Waals surface area contributed by atoms with Crippen LogP contribution in [0.25, 0.3) is 0 Å². The fourth-order valence-electron chi connectivity index (χ4n) is 2.37. The van der Waals surface area contributed by atoms with Crippen LogP contribution < -0.4 is 11.1 Å². The summed E-state index contributed by atoms with van der Waals surface area (Å²) < 4.78 is 5.32. The lowest BCUT2D eigenvalue weighted by Gasteiger charge is -2.34. The summed E-state index contributed by atoms with van der Waals surface area (Å²) in [6.07, 6.45) is 2.39. The molecule has 1 aromatic carbocycles. The van der Waals surface area contributed by atoms with Gasteiger partial charge in [0.2, 0.25) is 5.91 Å². The third-order valence-electron chi connectivity index (χ3n) is 3.94. The molecule has 0 aliphatic carbocycles. The zero-order valence-corrected chi connectivity index (χ0v) is 11.4. The van der Waals surface area contributed by atoms with Crippen molar-refractivity contribution in [3.8, 4) is 0 Å². The quantitative estimate of drug-likeness (QED) is 0.871. The summed E-state index contributed by atoms with van der Waals surface area (Å²) in [5.74, 6) is 0.0162. The number of aryl methyl sites for hydroxylation is 1. The Kier molecular flexibility index (Phi) is 4.56. The van der Waals surface area contributed by atoms with E-state index in [0.717, 1.165) is 12.1 Å². The summed E-state index contributed by atoms with van der Waals surface area (Å²) in [6, 6.07) is 7.96. The van der Waals surface area contributed by atoms with Crippen molar-refractivity contribution in [3.05, 3.63) is 29.8 Å². The standard InChI is InChI=1S/C15H22N2O2/c1-2-12-3-5-13(6-4-12)17-14(18)15(11-16)7-9-19-10-8-15/h3-6H,2,7-11,16H2,1H3,(H,17,18). The van der Waals surface area contributed by atoms with Gasteiger partial charge in [-0.1, -0.05) is 19.1 Å². The molecule has 1 aliphatic heterocycles. The van der Waals surface area contributed by atoms with Gasteiger partial charge in [-0.05, 0) is 37.0 Å². The van der Waals surface area contributed by atoms with E-state index in [0.29, 0.717) is 32.6 Å². The van der Waals surface area contributed by atoms with E-state index >= 15 is 0 Å². The van der Waals surface area contributed by atoms with E-state index in [9.17, 15) is 4.79 Å². The van der Waals surface area contributed by atoms with Crippen LogP contribution in [0.5, 0.6) is 0 Å². The van der Waals surface area contributed by atoms with Gasteiger partial charge >= 0.3 is 0 Å². The molecule has 1 amide bonds. The predicted octanol–water partition coefficient (Wildman–Crippen LogP) is 1.94. The second kappa shape index (κ2) is 6.17. The topological polar surface area (TPSA) is 64.4 Å². The first-order valence-corrected chi connectivity index (χ1v) is 6.88. The predicted molar refractivity (Wildman–Crippen MR) is 76.0 cm³/mol. The van der Waals surface area contributed by atoms with E-state index in [1.807, 2.05) is 24.3 Å². The van der Waals surface area contributed by atoms with E-state index < -0.39 is 5.41 Å². The number of benzene rings is 1. The molecule has 2 rings (SSSR count). The maximum atomic E-state index is 12.4. The molecule has 0 atom stereocenters. The van der Waals surface area contributed by atoms with Crippen LogP contribution in [0.4, 0.5) is 5.69 Å². The Bertz CT molecular complexity index is 422. The Labute approximate surface area is 114 Å². The summed E-state index contributed by atoms with van der Waals surface area (Å²) in [4.78, 5) is 12.4. The zero-order chi connectivity index (χ0) is 13.7. The minimum absolute atomic E-state index is 0.0162. The molecule has 0 bridgehead atoms. The van der Waals surface area contributed by atoms with Crippen molar-refractivity contribution in [3.63, 3.8) is 0 Å².